The van der Waals surface area contributed by atoms with Crippen LogP contribution in [-0.4, -0.2) is 81.4 Å². The molecule has 0 N–H and O–H groups in total. The van der Waals surface area contributed by atoms with Crippen molar-refractivity contribution in [3.63, 3.8) is 0 Å². The molecule has 348 valence electrons. The van der Waals surface area contributed by atoms with Crippen LogP contribution in [0, 0.1) is 11.7 Å². The zero-order valence-corrected chi connectivity index (χ0v) is 44.1. The standard InChI is InChI=1S/C51H77FO8Si3/c1-37(38(2)59-63(50(6,7)8,39-24-19-17-20-25-39)40-26-21-18-22-27-40)30-32-45(60-62(15,16)49(3,4)5)47-44(57-51(9,10)58-47)29-23-28-41-42(52)31-33-43(56-36-54-11)46(41)48(53)55-34-35-61(12,13)14/h17-28,30-33,37-38,44-45,47H,29,34-36H2,1-16H3/b28-23+,32-30-/t37-,38+,44+,45?,47+/m1/s1. The third-order valence-electron chi connectivity index (χ3n) is 12.3. The van der Waals surface area contributed by atoms with E-state index in [1.165, 1.54) is 29.6 Å². The second-order valence-corrected chi connectivity index (χ2v) is 35.8. The van der Waals surface area contributed by atoms with Crippen LogP contribution in [0.4, 0.5) is 4.39 Å². The molecule has 1 unspecified atom stereocenters. The predicted molar refractivity (Wildman–Crippen MR) is 263 cm³/mol. The van der Waals surface area contributed by atoms with Gasteiger partial charge in [0.05, 0.1) is 18.8 Å². The Labute approximate surface area is 382 Å². The van der Waals surface area contributed by atoms with Crippen molar-refractivity contribution in [1.82, 2.24) is 0 Å². The van der Waals surface area contributed by atoms with Gasteiger partial charge in [-0.2, -0.15) is 0 Å². The molecule has 1 aliphatic rings. The third kappa shape index (κ3) is 13.7. The number of esters is 1. The molecule has 3 aromatic carbocycles. The monoisotopic (exact) mass is 920 g/mol. The number of carbonyl (C=O) groups is 1. The molecular formula is C51H77FO8Si3. The number of benzene rings is 3. The second-order valence-electron chi connectivity index (χ2n) is 21.2. The van der Waals surface area contributed by atoms with Crippen molar-refractivity contribution in [3.05, 3.63) is 108 Å². The zero-order valence-electron chi connectivity index (χ0n) is 41.1. The van der Waals surface area contributed by atoms with Gasteiger partial charge in [0, 0.05) is 26.9 Å². The molecule has 3 aromatic rings. The van der Waals surface area contributed by atoms with E-state index in [9.17, 15) is 4.79 Å². The van der Waals surface area contributed by atoms with E-state index in [1.54, 1.807) is 6.08 Å². The number of halogens is 1. The minimum Gasteiger partial charge on any atom is -0.467 e. The smallest absolute Gasteiger partial charge is 0.342 e. The van der Waals surface area contributed by atoms with Crippen LogP contribution in [0.5, 0.6) is 5.75 Å². The lowest BCUT2D eigenvalue weighted by atomic mass is 10.00. The molecular weight excluding hydrogens is 844 g/mol. The van der Waals surface area contributed by atoms with Gasteiger partial charge in [-0.3, -0.25) is 0 Å². The largest absolute Gasteiger partial charge is 0.467 e. The molecule has 1 fully saturated rings. The minimum atomic E-state index is -2.81. The molecule has 8 nitrogen and oxygen atoms in total. The summed E-state index contributed by atoms with van der Waals surface area (Å²) in [6, 6.07) is 24.9. The number of rotatable bonds is 20. The first-order valence-electron chi connectivity index (χ1n) is 22.5. The van der Waals surface area contributed by atoms with Gasteiger partial charge in [-0.25, -0.2) is 9.18 Å². The van der Waals surface area contributed by atoms with Crippen molar-refractivity contribution in [3.8, 4) is 5.75 Å². The Morgan fingerprint density at radius 1 is 0.825 bits per heavy atom. The van der Waals surface area contributed by atoms with Gasteiger partial charge >= 0.3 is 5.97 Å². The number of hydrogen-bond donors (Lipinski definition) is 0. The van der Waals surface area contributed by atoms with Crippen molar-refractivity contribution >= 4 is 47.1 Å². The van der Waals surface area contributed by atoms with E-state index in [1.807, 2.05) is 19.9 Å². The maximum atomic E-state index is 15.7. The van der Waals surface area contributed by atoms with Crippen LogP contribution in [0.3, 0.4) is 0 Å². The number of ether oxygens (including phenoxy) is 5. The van der Waals surface area contributed by atoms with Gasteiger partial charge in [0.15, 0.2) is 20.9 Å². The molecule has 0 bridgehead atoms. The zero-order chi connectivity index (χ0) is 47.0. The van der Waals surface area contributed by atoms with Crippen LogP contribution in [0.1, 0.15) is 91.6 Å². The van der Waals surface area contributed by atoms with Gasteiger partial charge in [0.1, 0.15) is 23.2 Å². The third-order valence-corrected chi connectivity index (χ3v) is 23.6. The van der Waals surface area contributed by atoms with Gasteiger partial charge < -0.3 is 32.5 Å². The molecule has 0 spiro atoms. The Bertz CT molecular complexity index is 1940. The highest BCUT2D eigenvalue weighted by molar-refractivity contribution is 6.99. The maximum Gasteiger partial charge on any atom is 0.342 e. The summed E-state index contributed by atoms with van der Waals surface area (Å²) in [6.45, 7) is 33.0. The average molecular weight is 921 g/mol. The summed E-state index contributed by atoms with van der Waals surface area (Å²) in [5.41, 5.74) is 0.0961. The highest BCUT2D eigenvalue weighted by Crippen LogP contribution is 2.42. The van der Waals surface area contributed by atoms with Crippen molar-refractivity contribution in [2.24, 2.45) is 5.92 Å². The van der Waals surface area contributed by atoms with Gasteiger partial charge in [-0.1, -0.05) is 153 Å². The first-order valence-corrected chi connectivity index (χ1v) is 31.0. The van der Waals surface area contributed by atoms with Crippen molar-refractivity contribution in [1.29, 1.82) is 0 Å². The molecule has 0 radical (unpaired) electrons. The SMILES string of the molecule is COCOc1ccc(F)c(/C=C/C[C@@H]2OC(C)(C)O[C@@H]2C(/C=C\[C@@H](C)[C@H](C)O[Si](c2ccccc2)(c2ccccc2)C(C)(C)C)O[Si](C)(C)C(C)(C)C)c1C(=O)OCC[Si](C)(C)C. The molecule has 0 aromatic heterocycles. The molecule has 1 heterocycles. The van der Waals surface area contributed by atoms with E-state index in [0.29, 0.717) is 6.42 Å². The van der Waals surface area contributed by atoms with Crippen molar-refractivity contribution < 1.29 is 41.7 Å². The summed E-state index contributed by atoms with van der Waals surface area (Å²) in [4.78, 5) is 13.6. The Hall–Kier alpha value is -3.21. The lowest BCUT2D eigenvalue weighted by Gasteiger charge is -2.45. The van der Waals surface area contributed by atoms with Crippen LogP contribution in [0.2, 0.25) is 48.9 Å². The molecule has 4 rings (SSSR count). The van der Waals surface area contributed by atoms with Crippen LogP contribution < -0.4 is 15.1 Å². The van der Waals surface area contributed by atoms with Crippen LogP contribution in [0.15, 0.2) is 91.0 Å². The van der Waals surface area contributed by atoms with Crippen LogP contribution in [0.25, 0.3) is 6.08 Å². The van der Waals surface area contributed by atoms with Crippen molar-refractivity contribution in [2.45, 2.75) is 155 Å². The normalized spacial score (nSPS) is 19.1. The average Bonchev–Trinajstić information content (AvgIpc) is 3.50. The highest BCUT2D eigenvalue weighted by atomic mass is 28.4. The van der Waals surface area contributed by atoms with E-state index < -0.39 is 60.6 Å². The summed E-state index contributed by atoms with van der Waals surface area (Å²) < 4.78 is 60.4. The summed E-state index contributed by atoms with van der Waals surface area (Å²) >= 11 is 0. The lowest BCUT2D eigenvalue weighted by Crippen LogP contribution is -2.67. The number of hydrogen-bond acceptors (Lipinski definition) is 8. The van der Waals surface area contributed by atoms with Crippen LogP contribution >= 0.6 is 0 Å². The topological polar surface area (TPSA) is 81.7 Å². The molecule has 0 aliphatic carbocycles. The molecule has 0 amide bonds. The van der Waals surface area contributed by atoms with E-state index in [2.05, 4.69) is 161 Å². The van der Waals surface area contributed by atoms with Gasteiger partial charge in [-0.05, 0) is 84.8 Å². The van der Waals surface area contributed by atoms with E-state index in [0.717, 1.165) is 6.04 Å². The first-order chi connectivity index (χ1) is 29.2. The summed E-state index contributed by atoms with van der Waals surface area (Å²) in [7, 11) is -5.19. The highest BCUT2D eigenvalue weighted by Gasteiger charge is 2.52. The van der Waals surface area contributed by atoms with E-state index in [4.69, 9.17) is 32.5 Å². The maximum absolute atomic E-state index is 15.7. The fourth-order valence-electron chi connectivity index (χ4n) is 7.61. The molecule has 63 heavy (non-hydrogen) atoms. The molecule has 1 saturated heterocycles. The van der Waals surface area contributed by atoms with Crippen molar-refractivity contribution in [2.75, 3.05) is 20.5 Å². The summed E-state index contributed by atoms with van der Waals surface area (Å²) in [5, 5.41) is 2.22. The van der Waals surface area contributed by atoms with Gasteiger partial charge in [0.25, 0.3) is 8.32 Å². The van der Waals surface area contributed by atoms with Gasteiger partial charge in [-0.15, -0.1) is 0 Å². The van der Waals surface area contributed by atoms with Gasteiger partial charge in [0.2, 0.25) is 0 Å². The Morgan fingerprint density at radius 3 is 1.94 bits per heavy atom. The van der Waals surface area contributed by atoms with E-state index >= 15 is 4.39 Å². The summed E-state index contributed by atoms with van der Waals surface area (Å²) in [6.07, 6.45) is 6.59. The summed E-state index contributed by atoms with van der Waals surface area (Å²) in [5.74, 6) is -1.94. The minimum absolute atomic E-state index is 0.00494. The quantitative estimate of drug-likeness (QED) is 0.0480. The number of carbonyl (C=O) groups excluding carboxylic acids is 1. The second kappa shape index (κ2) is 21.4. The molecule has 1 aliphatic heterocycles. The first kappa shape index (κ1) is 52.4. The Balaban J connectivity index is 1.70. The fourth-order valence-corrected chi connectivity index (χ4v) is 14.4. The lowest BCUT2D eigenvalue weighted by molar-refractivity contribution is -0.151. The predicted octanol–water partition coefficient (Wildman–Crippen LogP) is 11.8. The molecule has 0 saturated carbocycles. The molecule has 5 atom stereocenters. The van der Waals surface area contributed by atoms with E-state index in [-0.39, 0.29) is 52.4 Å². The van der Waals surface area contributed by atoms with Crippen LogP contribution in [-0.2, 0) is 27.8 Å². The Kier molecular flexibility index (Phi) is 17.8. The molecule has 12 heteroatoms. The fraction of sp³-hybridized carbons (Fsp3) is 0.549. The Morgan fingerprint density at radius 2 is 1.41 bits per heavy atom. The number of methoxy groups -OCH3 is 1.